The zero-order chi connectivity index (χ0) is 7.98. The lowest BCUT2D eigenvalue weighted by Crippen LogP contribution is -2.12. The number of hydrogen-bond acceptors (Lipinski definition) is 4. The van der Waals surface area contributed by atoms with Crippen LogP contribution in [0.1, 0.15) is 12.8 Å². The Morgan fingerprint density at radius 3 is 2.80 bits per heavy atom. The van der Waals surface area contributed by atoms with Gasteiger partial charge in [0.2, 0.25) is 6.54 Å². The van der Waals surface area contributed by atoms with Crippen molar-refractivity contribution < 1.29 is 10.0 Å². The Bertz CT molecular complexity index is 151. The fraction of sp³-hybridized carbons (Fsp3) is 0.800. The monoisotopic (exact) mass is 144 g/mol. The van der Waals surface area contributed by atoms with Crippen molar-refractivity contribution in [3.8, 4) is 6.07 Å². The molecule has 5 nitrogen and oxygen atoms in total. The predicted octanol–water partition coefficient (Wildman–Crippen LogP) is -0.0722. The molecule has 0 aliphatic carbocycles. The lowest BCUT2D eigenvalue weighted by Gasteiger charge is -1.99. The summed E-state index contributed by atoms with van der Waals surface area (Å²) in [6.45, 7) is -0.275. The van der Waals surface area contributed by atoms with E-state index in [4.69, 9.17) is 10.4 Å². The highest BCUT2D eigenvalue weighted by Crippen LogP contribution is 1.95. The first-order valence-electron chi connectivity index (χ1n) is 2.83. The number of aliphatic hydroxyl groups is 1. The highest BCUT2D eigenvalue weighted by Gasteiger charge is 2.06. The van der Waals surface area contributed by atoms with E-state index in [2.05, 4.69) is 0 Å². The van der Waals surface area contributed by atoms with Gasteiger partial charge in [-0.15, -0.1) is 0 Å². The summed E-state index contributed by atoms with van der Waals surface area (Å²) in [6, 6.07) is 1.72. The van der Waals surface area contributed by atoms with Crippen LogP contribution >= 0.6 is 0 Å². The van der Waals surface area contributed by atoms with Gasteiger partial charge in [-0.2, -0.15) is 5.26 Å². The first-order valence-corrected chi connectivity index (χ1v) is 2.83. The van der Waals surface area contributed by atoms with Gasteiger partial charge >= 0.3 is 0 Å². The van der Waals surface area contributed by atoms with Crippen LogP contribution in [0.3, 0.4) is 0 Å². The molecular formula is C5H8N2O3. The second-order valence-corrected chi connectivity index (χ2v) is 1.86. The van der Waals surface area contributed by atoms with Crippen molar-refractivity contribution in [1.29, 1.82) is 5.26 Å². The van der Waals surface area contributed by atoms with Gasteiger partial charge in [0.25, 0.3) is 0 Å². The van der Waals surface area contributed by atoms with E-state index in [1.54, 1.807) is 6.07 Å². The van der Waals surface area contributed by atoms with Gasteiger partial charge < -0.3 is 5.11 Å². The molecule has 5 heteroatoms. The normalized spacial score (nSPS) is 12.0. The lowest BCUT2D eigenvalue weighted by molar-refractivity contribution is -0.481. The summed E-state index contributed by atoms with van der Waals surface area (Å²) in [7, 11) is 0. The molecule has 1 atom stereocenters. The Hall–Kier alpha value is -1.15. The van der Waals surface area contributed by atoms with Crippen molar-refractivity contribution in [2.24, 2.45) is 0 Å². The number of nitriles is 1. The molecule has 0 bridgehead atoms. The minimum Gasteiger partial charge on any atom is -0.392 e. The van der Waals surface area contributed by atoms with E-state index in [0.29, 0.717) is 0 Å². The molecule has 0 saturated heterocycles. The van der Waals surface area contributed by atoms with Crippen LogP contribution in [-0.4, -0.2) is 22.7 Å². The SMILES string of the molecule is N#CCC(O)CC[N+](=O)[O-]. The minimum absolute atomic E-state index is 0.0339. The van der Waals surface area contributed by atoms with Gasteiger partial charge in [-0.3, -0.25) is 10.1 Å². The maximum Gasteiger partial charge on any atom is 0.206 e. The summed E-state index contributed by atoms with van der Waals surface area (Å²) in [5, 5.41) is 26.5. The van der Waals surface area contributed by atoms with E-state index in [1.807, 2.05) is 0 Å². The minimum atomic E-state index is -0.851. The third-order valence-electron chi connectivity index (χ3n) is 0.972. The number of hydrogen-bond donors (Lipinski definition) is 1. The Labute approximate surface area is 58.0 Å². The van der Waals surface area contributed by atoms with E-state index in [9.17, 15) is 10.1 Å². The van der Waals surface area contributed by atoms with Crippen molar-refractivity contribution in [3.63, 3.8) is 0 Å². The molecule has 0 saturated carbocycles. The van der Waals surface area contributed by atoms with Gasteiger partial charge in [0, 0.05) is 11.3 Å². The summed E-state index contributed by atoms with van der Waals surface area (Å²) in [5.74, 6) is 0. The highest BCUT2D eigenvalue weighted by molar-refractivity contribution is 4.74. The van der Waals surface area contributed by atoms with E-state index in [-0.39, 0.29) is 19.4 Å². The summed E-state index contributed by atoms with van der Waals surface area (Å²) in [6.07, 6.45) is -0.829. The van der Waals surface area contributed by atoms with Gasteiger partial charge in [-0.1, -0.05) is 0 Å². The molecule has 0 radical (unpaired) electrons. The van der Waals surface area contributed by atoms with E-state index in [0.717, 1.165) is 0 Å². The maximum absolute atomic E-state index is 9.72. The van der Waals surface area contributed by atoms with Crippen molar-refractivity contribution in [3.05, 3.63) is 10.1 Å². The molecule has 0 aliphatic heterocycles. The smallest absolute Gasteiger partial charge is 0.206 e. The van der Waals surface area contributed by atoms with Crippen LogP contribution < -0.4 is 0 Å². The summed E-state index contributed by atoms with van der Waals surface area (Å²) in [4.78, 5) is 9.21. The first kappa shape index (κ1) is 8.85. The number of nitro groups is 1. The van der Waals surface area contributed by atoms with E-state index in [1.165, 1.54) is 0 Å². The molecule has 0 aromatic carbocycles. The van der Waals surface area contributed by atoms with Crippen LogP contribution in [0.25, 0.3) is 0 Å². The molecule has 1 N–H and O–H groups in total. The summed E-state index contributed by atoms with van der Waals surface area (Å²) in [5.41, 5.74) is 0. The van der Waals surface area contributed by atoms with Crippen molar-refractivity contribution in [2.75, 3.05) is 6.54 Å². The van der Waals surface area contributed by atoms with Gasteiger partial charge in [-0.05, 0) is 0 Å². The second kappa shape index (κ2) is 4.70. The molecule has 0 rings (SSSR count). The summed E-state index contributed by atoms with van der Waals surface area (Å²) < 4.78 is 0. The molecule has 10 heavy (non-hydrogen) atoms. The molecule has 0 heterocycles. The second-order valence-electron chi connectivity index (χ2n) is 1.86. The molecule has 0 amide bonds. The molecule has 0 aromatic heterocycles. The Kier molecular flexibility index (Phi) is 4.16. The van der Waals surface area contributed by atoms with Gasteiger partial charge in [0.1, 0.15) is 0 Å². The zero-order valence-corrected chi connectivity index (χ0v) is 5.36. The average Bonchev–Trinajstić information content (AvgIpc) is 1.85. The van der Waals surface area contributed by atoms with Crippen LogP contribution in [0.2, 0.25) is 0 Å². The molecule has 0 aliphatic rings. The third kappa shape index (κ3) is 5.00. The van der Waals surface area contributed by atoms with Gasteiger partial charge in [0.05, 0.1) is 18.6 Å². The lowest BCUT2D eigenvalue weighted by atomic mass is 10.2. The predicted molar refractivity (Wildman–Crippen MR) is 32.7 cm³/mol. The van der Waals surface area contributed by atoms with Crippen LogP contribution in [0.4, 0.5) is 0 Å². The Balaban J connectivity index is 3.32. The van der Waals surface area contributed by atoms with Gasteiger partial charge in [-0.25, -0.2) is 0 Å². The average molecular weight is 144 g/mol. The van der Waals surface area contributed by atoms with Crippen LogP contribution in [0.5, 0.6) is 0 Å². The molecule has 0 spiro atoms. The summed E-state index contributed by atoms with van der Waals surface area (Å²) >= 11 is 0. The molecule has 0 fully saturated rings. The van der Waals surface area contributed by atoms with Crippen molar-refractivity contribution in [1.82, 2.24) is 0 Å². The Morgan fingerprint density at radius 1 is 1.80 bits per heavy atom. The van der Waals surface area contributed by atoms with Crippen LogP contribution in [0, 0.1) is 21.4 Å². The molecule has 0 aromatic rings. The zero-order valence-electron chi connectivity index (χ0n) is 5.36. The quantitative estimate of drug-likeness (QED) is 0.441. The van der Waals surface area contributed by atoms with Crippen molar-refractivity contribution in [2.45, 2.75) is 18.9 Å². The largest absolute Gasteiger partial charge is 0.392 e. The topological polar surface area (TPSA) is 87.2 Å². The number of aliphatic hydroxyl groups excluding tert-OH is 1. The van der Waals surface area contributed by atoms with Gasteiger partial charge in [0.15, 0.2) is 0 Å². The fourth-order valence-electron chi connectivity index (χ4n) is 0.462. The standard InChI is InChI=1S/C5H8N2O3/c6-3-1-5(8)2-4-7(9)10/h5,8H,1-2,4H2. The fourth-order valence-corrected chi connectivity index (χ4v) is 0.462. The van der Waals surface area contributed by atoms with E-state index >= 15 is 0 Å². The van der Waals surface area contributed by atoms with Crippen LogP contribution in [0.15, 0.2) is 0 Å². The Morgan fingerprint density at radius 2 is 2.40 bits per heavy atom. The molecule has 56 valence electrons. The molecular weight excluding hydrogens is 136 g/mol. The number of rotatable bonds is 4. The van der Waals surface area contributed by atoms with Crippen molar-refractivity contribution >= 4 is 0 Å². The number of nitrogens with zero attached hydrogens (tertiary/aromatic N) is 2. The first-order chi connectivity index (χ1) is 4.66. The highest BCUT2D eigenvalue weighted by atomic mass is 16.6. The molecule has 1 unspecified atom stereocenters. The van der Waals surface area contributed by atoms with E-state index < -0.39 is 11.0 Å². The van der Waals surface area contributed by atoms with Crippen LogP contribution in [-0.2, 0) is 0 Å². The third-order valence-corrected chi connectivity index (χ3v) is 0.972. The maximum atomic E-state index is 9.72.